The molecule has 8 heteroatoms. The van der Waals surface area contributed by atoms with Gasteiger partial charge in [0.25, 0.3) is 5.91 Å². The third-order valence-corrected chi connectivity index (χ3v) is 4.13. The fourth-order valence-electron chi connectivity index (χ4n) is 2.77. The first-order valence-corrected chi connectivity index (χ1v) is 8.37. The molecule has 2 heterocycles. The van der Waals surface area contributed by atoms with Crippen LogP contribution in [-0.4, -0.2) is 21.0 Å². The zero-order chi connectivity index (χ0) is 19.5. The van der Waals surface area contributed by atoms with Gasteiger partial charge in [-0.15, -0.1) is 0 Å². The van der Waals surface area contributed by atoms with Gasteiger partial charge in [-0.1, -0.05) is 42.5 Å². The number of rotatable bonds is 5. The lowest BCUT2D eigenvalue weighted by Crippen LogP contribution is -2.11. The second-order valence-corrected chi connectivity index (χ2v) is 5.92. The molecule has 0 radical (unpaired) electrons. The van der Waals surface area contributed by atoms with Gasteiger partial charge in [0.1, 0.15) is 4.92 Å². The Bertz CT molecular complexity index is 1210. The number of aromatic nitrogens is 2. The van der Waals surface area contributed by atoms with Crippen LogP contribution in [0.25, 0.3) is 23.1 Å². The van der Waals surface area contributed by atoms with Crippen molar-refractivity contribution in [3.8, 4) is 0 Å². The number of carbonyl (C=O) groups excluding carboxylic acids is 1. The van der Waals surface area contributed by atoms with Crippen LogP contribution in [0.4, 0.5) is 11.6 Å². The van der Waals surface area contributed by atoms with Gasteiger partial charge in [0.2, 0.25) is 0 Å². The van der Waals surface area contributed by atoms with E-state index in [1.54, 1.807) is 12.1 Å². The summed E-state index contributed by atoms with van der Waals surface area (Å²) in [7, 11) is 0. The highest BCUT2D eigenvalue weighted by Crippen LogP contribution is 2.23. The van der Waals surface area contributed by atoms with Gasteiger partial charge < -0.3 is 9.73 Å². The summed E-state index contributed by atoms with van der Waals surface area (Å²) in [5.74, 6) is -1.19. The molecule has 28 heavy (non-hydrogen) atoms. The Kier molecular flexibility index (Phi) is 4.43. The molecule has 0 spiro atoms. The van der Waals surface area contributed by atoms with Gasteiger partial charge in [-0.05, 0) is 29.8 Å². The Morgan fingerprint density at radius 2 is 1.86 bits per heavy atom. The maximum absolute atomic E-state index is 12.3. The van der Waals surface area contributed by atoms with Crippen molar-refractivity contribution in [1.29, 1.82) is 0 Å². The molecule has 8 nitrogen and oxygen atoms in total. The van der Waals surface area contributed by atoms with E-state index in [4.69, 9.17) is 4.42 Å². The lowest BCUT2D eigenvalue weighted by atomic mass is 10.1. The Morgan fingerprint density at radius 3 is 2.68 bits per heavy atom. The number of fused-ring (bicyclic) bond motifs is 1. The minimum Gasteiger partial charge on any atom is -0.395 e. The van der Waals surface area contributed by atoms with Crippen molar-refractivity contribution in [3.63, 3.8) is 0 Å². The first kappa shape index (κ1) is 17.2. The van der Waals surface area contributed by atoms with E-state index in [1.807, 2.05) is 48.6 Å². The largest absolute Gasteiger partial charge is 0.433 e. The molecule has 0 bridgehead atoms. The first-order chi connectivity index (χ1) is 13.6. The topological polar surface area (TPSA) is 114 Å². The van der Waals surface area contributed by atoms with Crippen LogP contribution < -0.4 is 5.32 Å². The fourth-order valence-corrected chi connectivity index (χ4v) is 2.77. The van der Waals surface area contributed by atoms with E-state index in [0.717, 1.165) is 28.2 Å². The molecule has 1 amide bonds. The van der Waals surface area contributed by atoms with Crippen molar-refractivity contribution in [2.75, 3.05) is 5.32 Å². The molecule has 0 saturated carbocycles. The maximum atomic E-state index is 12.3. The summed E-state index contributed by atoms with van der Waals surface area (Å²) in [6.07, 6.45) is 3.68. The molecule has 0 atom stereocenters. The number of para-hydroxylation sites is 2. The number of amides is 1. The summed E-state index contributed by atoms with van der Waals surface area (Å²) < 4.78 is 4.94. The zero-order valence-electron chi connectivity index (χ0n) is 14.5. The number of aromatic amines is 1. The molecule has 138 valence electrons. The van der Waals surface area contributed by atoms with Crippen molar-refractivity contribution in [2.45, 2.75) is 0 Å². The number of hydrogen-bond donors (Lipinski definition) is 2. The molecule has 4 rings (SSSR count). The van der Waals surface area contributed by atoms with Crippen molar-refractivity contribution < 1.29 is 14.1 Å². The van der Waals surface area contributed by atoms with E-state index in [2.05, 4.69) is 15.5 Å². The van der Waals surface area contributed by atoms with Crippen LogP contribution in [0, 0.1) is 10.1 Å². The number of hydrogen-bond acceptors (Lipinski definition) is 5. The Labute approximate surface area is 158 Å². The zero-order valence-corrected chi connectivity index (χ0v) is 14.5. The average molecular weight is 374 g/mol. The molecule has 0 aliphatic heterocycles. The van der Waals surface area contributed by atoms with Crippen molar-refractivity contribution in [1.82, 2.24) is 10.2 Å². The van der Waals surface area contributed by atoms with E-state index < -0.39 is 16.7 Å². The summed E-state index contributed by atoms with van der Waals surface area (Å²) in [5, 5.41) is 21.7. The number of anilines is 1. The van der Waals surface area contributed by atoms with E-state index in [9.17, 15) is 14.9 Å². The highest BCUT2D eigenvalue weighted by molar-refractivity contribution is 6.04. The summed E-state index contributed by atoms with van der Waals surface area (Å²) in [6, 6.07) is 17.4. The summed E-state index contributed by atoms with van der Waals surface area (Å²) in [6.45, 7) is 0. The number of nitrogens with one attached hydrogen (secondary N) is 2. The summed E-state index contributed by atoms with van der Waals surface area (Å²) >= 11 is 0. The highest BCUT2D eigenvalue weighted by atomic mass is 16.6. The number of carbonyl (C=O) groups is 1. The quantitative estimate of drug-likeness (QED) is 0.395. The van der Waals surface area contributed by atoms with E-state index in [0.29, 0.717) is 5.69 Å². The van der Waals surface area contributed by atoms with Crippen LogP contribution in [0.1, 0.15) is 21.8 Å². The van der Waals surface area contributed by atoms with Gasteiger partial charge >= 0.3 is 5.88 Å². The molecule has 0 unspecified atom stereocenters. The smallest absolute Gasteiger partial charge is 0.395 e. The number of benzene rings is 2. The van der Waals surface area contributed by atoms with Crippen LogP contribution in [-0.2, 0) is 0 Å². The molecule has 2 aromatic carbocycles. The van der Waals surface area contributed by atoms with Gasteiger partial charge in [-0.2, -0.15) is 5.10 Å². The molecular formula is C20H14N4O4. The molecule has 0 aliphatic carbocycles. The molecule has 4 aromatic rings. The van der Waals surface area contributed by atoms with Gasteiger partial charge in [-0.25, -0.2) is 0 Å². The molecule has 0 saturated heterocycles. The molecule has 0 aliphatic rings. The monoisotopic (exact) mass is 374 g/mol. The Morgan fingerprint density at radius 1 is 1.07 bits per heavy atom. The summed E-state index contributed by atoms with van der Waals surface area (Å²) in [5.41, 5.74) is 3.01. The van der Waals surface area contributed by atoms with Crippen molar-refractivity contribution in [3.05, 3.63) is 87.8 Å². The third kappa shape index (κ3) is 3.38. The number of H-pyrrole nitrogens is 1. The van der Waals surface area contributed by atoms with E-state index >= 15 is 0 Å². The van der Waals surface area contributed by atoms with E-state index in [1.165, 1.54) is 6.07 Å². The van der Waals surface area contributed by atoms with Crippen LogP contribution in [0.3, 0.4) is 0 Å². The van der Waals surface area contributed by atoms with Crippen LogP contribution in [0.5, 0.6) is 0 Å². The Hall–Kier alpha value is -4.20. The van der Waals surface area contributed by atoms with Crippen molar-refractivity contribution >= 4 is 40.5 Å². The third-order valence-electron chi connectivity index (χ3n) is 4.13. The number of nitro groups is 1. The number of furan rings is 1. The minimum absolute atomic E-state index is 0.135. The van der Waals surface area contributed by atoms with Crippen LogP contribution in [0.2, 0.25) is 0 Å². The lowest BCUT2D eigenvalue weighted by Gasteiger charge is -2.06. The van der Waals surface area contributed by atoms with Crippen molar-refractivity contribution in [2.24, 2.45) is 0 Å². The average Bonchev–Trinajstić information content (AvgIpc) is 3.35. The fraction of sp³-hybridized carbons (Fsp3) is 0. The maximum Gasteiger partial charge on any atom is 0.433 e. The van der Waals surface area contributed by atoms with Crippen LogP contribution in [0.15, 0.2) is 65.1 Å². The molecular weight excluding hydrogens is 360 g/mol. The SMILES string of the molecule is O=C(Nc1ccccc1/C=C/c1n[nH]c2ccccc12)c1ccc([N+](=O)[O-])o1. The molecule has 2 N–H and O–H groups in total. The standard InChI is InChI=1S/C20H14N4O4/c25-20(18-11-12-19(28-18)24(26)27)21-15-7-3-1-5-13(15)9-10-17-14-6-2-4-8-16(14)22-23-17/h1-12H,(H,21,25)(H,22,23)/b10-9+. The van der Waals surface area contributed by atoms with Gasteiger partial charge in [-0.3, -0.25) is 20.0 Å². The van der Waals surface area contributed by atoms with Gasteiger partial charge in [0.15, 0.2) is 5.76 Å². The Balaban J connectivity index is 1.58. The van der Waals surface area contributed by atoms with E-state index in [-0.39, 0.29) is 5.76 Å². The normalized spacial score (nSPS) is 11.1. The first-order valence-electron chi connectivity index (χ1n) is 8.37. The highest BCUT2D eigenvalue weighted by Gasteiger charge is 2.17. The lowest BCUT2D eigenvalue weighted by molar-refractivity contribution is -0.402. The molecule has 0 fully saturated rings. The van der Waals surface area contributed by atoms with Crippen LogP contribution >= 0.6 is 0 Å². The second-order valence-electron chi connectivity index (χ2n) is 5.92. The second kappa shape index (κ2) is 7.20. The number of nitrogens with zero attached hydrogens (tertiary/aromatic N) is 2. The predicted octanol–water partition coefficient (Wildman–Crippen LogP) is 4.49. The van der Waals surface area contributed by atoms with Gasteiger partial charge in [0, 0.05) is 11.1 Å². The predicted molar refractivity (Wildman–Crippen MR) is 105 cm³/mol. The molecule has 2 aromatic heterocycles. The minimum atomic E-state index is -0.693. The van der Waals surface area contributed by atoms with Gasteiger partial charge in [0.05, 0.1) is 17.3 Å². The summed E-state index contributed by atoms with van der Waals surface area (Å²) in [4.78, 5) is 22.4.